The third-order valence-corrected chi connectivity index (χ3v) is 3.51. The number of hydrogen-bond donors (Lipinski definition) is 1. The van der Waals surface area contributed by atoms with Crippen molar-refractivity contribution in [1.29, 1.82) is 5.26 Å². The van der Waals surface area contributed by atoms with Crippen LogP contribution < -0.4 is 5.32 Å². The molecule has 0 radical (unpaired) electrons. The van der Waals surface area contributed by atoms with Gasteiger partial charge >= 0.3 is 0 Å². The van der Waals surface area contributed by atoms with Gasteiger partial charge in [0.15, 0.2) is 0 Å². The smallest absolute Gasteiger partial charge is 0.142 e. The van der Waals surface area contributed by atoms with E-state index < -0.39 is 0 Å². The molecule has 4 nitrogen and oxygen atoms in total. The van der Waals surface area contributed by atoms with Crippen molar-refractivity contribution in [1.82, 2.24) is 9.88 Å². The van der Waals surface area contributed by atoms with E-state index in [1.54, 1.807) is 6.07 Å². The van der Waals surface area contributed by atoms with E-state index >= 15 is 0 Å². The Morgan fingerprint density at radius 1 is 1.44 bits per heavy atom. The maximum atomic E-state index is 8.81. The second-order valence-corrected chi connectivity index (χ2v) is 4.71. The minimum Gasteiger partial charge on any atom is -0.368 e. The van der Waals surface area contributed by atoms with E-state index in [-0.39, 0.29) is 0 Å². The molecule has 18 heavy (non-hydrogen) atoms. The zero-order chi connectivity index (χ0) is 12.8. The summed E-state index contributed by atoms with van der Waals surface area (Å²) in [6.07, 6.45) is 3.78. The molecule has 1 atom stereocenters. The monoisotopic (exact) mass is 244 g/mol. The molecule has 2 rings (SSSR count). The number of likely N-dealkylation sites (tertiary alicyclic amines) is 1. The molecule has 1 aromatic heterocycles. The Labute approximate surface area is 109 Å². The summed E-state index contributed by atoms with van der Waals surface area (Å²) in [4.78, 5) is 6.78. The molecular weight excluding hydrogens is 224 g/mol. The Hall–Kier alpha value is -1.60. The number of nitrogens with zero attached hydrogens (tertiary/aromatic N) is 3. The standard InChI is InChI=1S/C14H20N4/c1-2-13(18-8-3-4-9-18)11-16-14-7-5-6-12(10-15)17-14/h5-7,13H,2-4,8-9,11H2,1H3,(H,16,17). The minimum absolute atomic E-state index is 0.467. The molecule has 1 fully saturated rings. The van der Waals surface area contributed by atoms with Crippen LogP contribution in [-0.4, -0.2) is 35.6 Å². The highest BCUT2D eigenvalue weighted by molar-refractivity contribution is 5.38. The molecule has 1 aliphatic rings. The fourth-order valence-corrected chi connectivity index (χ4v) is 2.46. The van der Waals surface area contributed by atoms with Gasteiger partial charge in [0, 0.05) is 12.6 Å². The largest absolute Gasteiger partial charge is 0.368 e. The van der Waals surface area contributed by atoms with Crippen molar-refractivity contribution in [2.45, 2.75) is 32.2 Å². The molecule has 4 heteroatoms. The van der Waals surface area contributed by atoms with E-state index in [4.69, 9.17) is 5.26 Å². The fourth-order valence-electron chi connectivity index (χ4n) is 2.46. The zero-order valence-corrected chi connectivity index (χ0v) is 10.9. The number of pyridine rings is 1. The van der Waals surface area contributed by atoms with Crippen LogP contribution in [0.2, 0.25) is 0 Å². The van der Waals surface area contributed by atoms with Crippen LogP contribution in [0.3, 0.4) is 0 Å². The van der Waals surface area contributed by atoms with E-state index in [0.29, 0.717) is 11.7 Å². The molecule has 0 bridgehead atoms. The van der Waals surface area contributed by atoms with Crippen LogP contribution in [0.5, 0.6) is 0 Å². The van der Waals surface area contributed by atoms with E-state index in [1.807, 2.05) is 12.1 Å². The molecular formula is C14H20N4. The fraction of sp³-hybridized carbons (Fsp3) is 0.571. The molecule has 0 amide bonds. The van der Waals surface area contributed by atoms with Gasteiger partial charge in [-0.15, -0.1) is 0 Å². The first-order valence-electron chi connectivity index (χ1n) is 6.68. The normalized spacial score (nSPS) is 17.3. The third-order valence-electron chi connectivity index (χ3n) is 3.51. The second kappa shape index (κ2) is 6.36. The van der Waals surface area contributed by atoms with Gasteiger partial charge < -0.3 is 5.32 Å². The highest BCUT2D eigenvalue weighted by atomic mass is 15.2. The molecule has 2 heterocycles. The van der Waals surface area contributed by atoms with E-state index in [1.165, 1.54) is 25.9 Å². The topological polar surface area (TPSA) is 52.0 Å². The van der Waals surface area contributed by atoms with Crippen LogP contribution >= 0.6 is 0 Å². The van der Waals surface area contributed by atoms with Gasteiger partial charge in [-0.05, 0) is 44.5 Å². The Bertz CT molecular complexity index is 418. The average molecular weight is 244 g/mol. The van der Waals surface area contributed by atoms with E-state index in [0.717, 1.165) is 18.8 Å². The summed E-state index contributed by atoms with van der Waals surface area (Å²) in [5.41, 5.74) is 0.467. The van der Waals surface area contributed by atoms with Gasteiger partial charge in [0.25, 0.3) is 0 Å². The lowest BCUT2D eigenvalue weighted by Crippen LogP contribution is -2.37. The Morgan fingerprint density at radius 2 is 2.22 bits per heavy atom. The minimum atomic E-state index is 0.467. The predicted molar refractivity (Wildman–Crippen MR) is 72.3 cm³/mol. The van der Waals surface area contributed by atoms with Gasteiger partial charge in [-0.25, -0.2) is 4.98 Å². The van der Waals surface area contributed by atoms with Crippen LogP contribution in [0.25, 0.3) is 0 Å². The number of hydrogen-bond acceptors (Lipinski definition) is 4. The van der Waals surface area contributed by atoms with Crippen LogP contribution in [0, 0.1) is 11.3 Å². The average Bonchev–Trinajstić information content (AvgIpc) is 2.94. The van der Waals surface area contributed by atoms with Crippen LogP contribution in [0.4, 0.5) is 5.82 Å². The van der Waals surface area contributed by atoms with Gasteiger partial charge in [-0.1, -0.05) is 13.0 Å². The first-order chi connectivity index (χ1) is 8.83. The molecule has 1 aliphatic heterocycles. The van der Waals surface area contributed by atoms with Gasteiger partial charge in [0.1, 0.15) is 17.6 Å². The molecule has 0 aliphatic carbocycles. The third kappa shape index (κ3) is 3.21. The van der Waals surface area contributed by atoms with Crippen molar-refractivity contribution in [3.8, 4) is 6.07 Å². The summed E-state index contributed by atoms with van der Waals surface area (Å²) in [6.45, 7) is 5.56. The molecule has 0 spiro atoms. The Morgan fingerprint density at radius 3 is 2.89 bits per heavy atom. The number of rotatable bonds is 5. The zero-order valence-electron chi connectivity index (χ0n) is 10.9. The number of nitriles is 1. The van der Waals surface area contributed by atoms with Crippen LogP contribution in [0.1, 0.15) is 31.9 Å². The van der Waals surface area contributed by atoms with E-state index in [2.05, 4.69) is 28.2 Å². The van der Waals surface area contributed by atoms with Gasteiger partial charge in [0.05, 0.1) is 0 Å². The lowest BCUT2D eigenvalue weighted by atomic mass is 10.2. The Kier molecular flexibility index (Phi) is 4.54. The predicted octanol–water partition coefficient (Wildman–Crippen LogP) is 2.24. The molecule has 0 aromatic carbocycles. The van der Waals surface area contributed by atoms with Gasteiger partial charge in [0.2, 0.25) is 0 Å². The number of anilines is 1. The molecule has 1 aromatic rings. The van der Waals surface area contributed by atoms with Crippen LogP contribution in [0.15, 0.2) is 18.2 Å². The molecule has 0 saturated carbocycles. The second-order valence-electron chi connectivity index (χ2n) is 4.71. The number of aromatic nitrogens is 1. The van der Waals surface area contributed by atoms with Crippen molar-refractivity contribution in [3.63, 3.8) is 0 Å². The summed E-state index contributed by atoms with van der Waals surface area (Å²) in [7, 11) is 0. The molecule has 1 saturated heterocycles. The maximum Gasteiger partial charge on any atom is 0.142 e. The van der Waals surface area contributed by atoms with Crippen molar-refractivity contribution < 1.29 is 0 Å². The first kappa shape index (κ1) is 12.8. The van der Waals surface area contributed by atoms with Crippen LogP contribution in [-0.2, 0) is 0 Å². The Balaban J connectivity index is 1.90. The highest BCUT2D eigenvalue weighted by Crippen LogP contribution is 2.14. The van der Waals surface area contributed by atoms with E-state index in [9.17, 15) is 0 Å². The van der Waals surface area contributed by atoms with Crippen molar-refractivity contribution in [3.05, 3.63) is 23.9 Å². The summed E-state index contributed by atoms with van der Waals surface area (Å²) in [5.74, 6) is 0.798. The molecule has 96 valence electrons. The lowest BCUT2D eigenvalue weighted by Gasteiger charge is -2.26. The highest BCUT2D eigenvalue weighted by Gasteiger charge is 2.19. The molecule has 1 unspecified atom stereocenters. The summed E-state index contributed by atoms with van der Waals surface area (Å²) in [5, 5.41) is 12.2. The van der Waals surface area contributed by atoms with Gasteiger partial charge in [-0.2, -0.15) is 5.26 Å². The molecule has 1 N–H and O–H groups in total. The summed E-state index contributed by atoms with van der Waals surface area (Å²) in [6, 6.07) is 8.14. The maximum absolute atomic E-state index is 8.81. The van der Waals surface area contributed by atoms with Crippen molar-refractivity contribution in [2.75, 3.05) is 25.0 Å². The van der Waals surface area contributed by atoms with Crippen molar-refractivity contribution in [2.24, 2.45) is 0 Å². The SMILES string of the molecule is CCC(CNc1cccc(C#N)n1)N1CCCC1. The number of nitrogens with one attached hydrogen (secondary N) is 1. The lowest BCUT2D eigenvalue weighted by molar-refractivity contribution is 0.246. The van der Waals surface area contributed by atoms with Gasteiger partial charge in [-0.3, -0.25) is 4.90 Å². The first-order valence-corrected chi connectivity index (χ1v) is 6.68. The summed E-state index contributed by atoms with van der Waals surface area (Å²) >= 11 is 0. The quantitative estimate of drug-likeness (QED) is 0.863. The van der Waals surface area contributed by atoms with Crippen molar-refractivity contribution >= 4 is 5.82 Å². The summed E-state index contributed by atoms with van der Waals surface area (Å²) < 4.78 is 0.